The third-order valence-electron chi connectivity index (χ3n) is 2.14. The standard InChI is InChI=1S/C11H18N2/c1-4-8-13(5-2)11-7-6-10(3)12-9-11/h6-7,9H,4-5,8H2,1-3H3. The van der Waals surface area contributed by atoms with Crippen molar-refractivity contribution >= 4 is 5.69 Å². The predicted molar refractivity (Wildman–Crippen MR) is 57.2 cm³/mol. The monoisotopic (exact) mass is 178 g/mol. The minimum Gasteiger partial charge on any atom is -0.371 e. The summed E-state index contributed by atoms with van der Waals surface area (Å²) in [5.41, 5.74) is 2.31. The second-order valence-electron chi connectivity index (χ2n) is 3.24. The van der Waals surface area contributed by atoms with Crippen molar-refractivity contribution in [3.8, 4) is 0 Å². The Morgan fingerprint density at radius 2 is 2.08 bits per heavy atom. The maximum absolute atomic E-state index is 4.29. The predicted octanol–water partition coefficient (Wildman–Crippen LogP) is 2.63. The van der Waals surface area contributed by atoms with Crippen molar-refractivity contribution in [1.29, 1.82) is 0 Å². The van der Waals surface area contributed by atoms with E-state index in [1.165, 1.54) is 12.1 Å². The van der Waals surface area contributed by atoms with Crippen LogP contribution in [0.5, 0.6) is 0 Å². The van der Waals surface area contributed by atoms with Crippen molar-refractivity contribution < 1.29 is 0 Å². The van der Waals surface area contributed by atoms with Gasteiger partial charge in [-0.15, -0.1) is 0 Å². The van der Waals surface area contributed by atoms with E-state index in [0.717, 1.165) is 18.8 Å². The molecule has 0 amide bonds. The zero-order valence-electron chi connectivity index (χ0n) is 8.75. The third kappa shape index (κ3) is 2.72. The third-order valence-corrected chi connectivity index (χ3v) is 2.14. The largest absolute Gasteiger partial charge is 0.371 e. The Hall–Kier alpha value is -1.05. The molecule has 13 heavy (non-hydrogen) atoms. The summed E-state index contributed by atoms with van der Waals surface area (Å²) >= 11 is 0. The van der Waals surface area contributed by atoms with E-state index in [0.29, 0.717) is 0 Å². The molecule has 0 fully saturated rings. The number of nitrogens with zero attached hydrogens (tertiary/aromatic N) is 2. The van der Waals surface area contributed by atoms with E-state index < -0.39 is 0 Å². The first-order chi connectivity index (χ1) is 6.27. The number of pyridine rings is 1. The Balaban J connectivity index is 2.73. The number of rotatable bonds is 4. The molecule has 0 radical (unpaired) electrons. The maximum atomic E-state index is 4.29. The minimum atomic E-state index is 1.05. The Bertz CT molecular complexity index is 241. The molecule has 0 N–H and O–H groups in total. The molecule has 0 atom stereocenters. The van der Waals surface area contributed by atoms with E-state index in [9.17, 15) is 0 Å². The summed E-state index contributed by atoms with van der Waals surface area (Å²) in [5, 5.41) is 0. The van der Waals surface area contributed by atoms with Crippen LogP contribution < -0.4 is 4.90 Å². The van der Waals surface area contributed by atoms with Crippen LogP contribution in [0.4, 0.5) is 5.69 Å². The molecule has 0 saturated carbocycles. The van der Waals surface area contributed by atoms with Gasteiger partial charge < -0.3 is 4.90 Å². The zero-order valence-corrected chi connectivity index (χ0v) is 8.75. The molecule has 2 heteroatoms. The van der Waals surface area contributed by atoms with Crippen molar-refractivity contribution in [2.75, 3.05) is 18.0 Å². The van der Waals surface area contributed by atoms with Crippen LogP contribution in [0.15, 0.2) is 18.3 Å². The van der Waals surface area contributed by atoms with Gasteiger partial charge in [0.15, 0.2) is 0 Å². The fourth-order valence-electron chi connectivity index (χ4n) is 1.39. The lowest BCUT2D eigenvalue weighted by Gasteiger charge is -2.21. The number of aryl methyl sites for hydroxylation is 1. The molecule has 0 unspecified atom stereocenters. The van der Waals surface area contributed by atoms with E-state index >= 15 is 0 Å². The zero-order chi connectivity index (χ0) is 9.68. The average Bonchev–Trinajstić information content (AvgIpc) is 2.16. The van der Waals surface area contributed by atoms with Gasteiger partial charge in [0.05, 0.1) is 11.9 Å². The average molecular weight is 178 g/mol. The number of hydrogen-bond donors (Lipinski definition) is 0. The lowest BCUT2D eigenvalue weighted by molar-refractivity contribution is 0.789. The molecule has 0 bridgehead atoms. The van der Waals surface area contributed by atoms with Gasteiger partial charge in [-0.25, -0.2) is 0 Å². The Labute approximate surface area is 80.6 Å². The topological polar surface area (TPSA) is 16.1 Å². The molecule has 0 saturated heterocycles. The van der Waals surface area contributed by atoms with E-state index in [1.54, 1.807) is 0 Å². The molecular weight excluding hydrogens is 160 g/mol. The van der Waals surface area contributed by atoms with Crippen LogP contribution in [0.2, 0.25) is 0 Å². The summed E-state index contributed by atoms with van der Waals surface area (Å²) in [5.74, 6) is 0. The minimum absolute atomic E-state index is 1.05. The highest BCUT2D eigenvalue weighted by molar-refractivity contribution is 5.44. The van der Waals surface area contributed by atoms with E-state index in [2.05, 4.69) is 35.9 Å². The van der Waals surface area contributed by atoms with Gasteiger partial charge in [0, 0.05) is 18.8 Å². The summed E-state index contributed by atoms with van der Waals surface area (Å²) in [6, 6.07) is 4.20. The van der Waals surface area contributed by atoms with Crippen LogP contribution in [0.1, 0.15) is 26.0 Å². The summed E-state index contributed by atoms with van der Waals surface area (Å²) in [6.07, 6.45) is 3.14. The SMILES string of the molecule is CCCN(CC)c1ccc(C)nc1. The van der Waals surface area contributed by atoms with Crippen LogP contribution in [-0.2, 0) is 0 Å². The summed E-state index contributed by atoms with van der Waals surface area (Å²) in [7, 11) is 0. The quantitative estimate of drug-likeness (QED) is 0.704. The lowest BCUT2D eigenvalue weighted by atomic mass is 10.3. The molecule has 1 rings (SSSR count). The highest BCUT2D eigenvalue weighted by atomic mass is 15.1. The van der Waals surface area contributed by atoms with Crippen molar-refractivity contribution in [3.05, 3.63) is 24.0 Å². The molecule has 1 heterocycles. The second-order valence-corrected chi connectivity index (χ2v) is 3.24. The normalized spacial score (nSPS) is 10.1. The van der Waals surface area contributed by atoms with Crippen LogP contribution >= 0.6 is 0 Å². The highest BCUT2D eigenvalue weighted by Crippen LogP contribution is 2.12. The van der Waals surface area contributed by atoms with Crippen molar-refractivity contribution in [1.82, 2.24) is 4.98 Å². The molecule has 2 nitrogen and oxygen atoms in total. The molecule has 0 aliphatic rings. The highest BCUT2D eigenvalue weighted by Gasteiger charge is 2.01. The fourth-order valence-corrected chi connectivity index (χ4v) is 1.39. The molecule has 1 aromatic heterocycles. The molecule has 0 aromatic carbocycles. The van der Waals surface area contributed by atoms with Crippen LogP contribution in [-0.4, -0.2) is 18.1 Å². The Kier molecular flexibility index (Phi) is 3.74. The van der Waals surface area contributed by atoms with Gasteiger partial charge in [0.1, 0.15) is 0 Å². The van der Waals surface area contributed by atoms with E-state index in [4.69, 9.17) is 0 Å². The number of hydrogen-bond acceptors (Lipinski definition) is 2. The first-order valence-electron chi connectivity index (χ1n) is 4.95. The smallest absolute Gasteiger partial charge is 0.0552 e. The fraction of sp³-hybridized carbons (Fsp3) is 0.545. The molecule has 1 aromatic rings. The van der Waals surface area contributed by atoms with Gasteiger partial charge in [-0.2, -0.15) is 0 Å². The first-order valence-corrected chi connectivity index (χ1v) is 4.95. The summed E-state index contributed by atoms with van der Waals surface area (Å²) in [4.78, 5) is 6.63. The van der Waals surface area contributed by atoms with Gasteiger partial charge in [0.2, 0.25) is 0 Å². The van der Waals surface area contributed by atoms with Gasteiger partial charge in [-0.3, -0.25) is 4.98 Å². The van der Waals surface area contributed by atoms with Crippen molar-refractivity contribution in [3.63, 3.8) is 0 Å². The lowest BCUT2D eigenvalue weighted by Crippen LogP contribution is -2.23. The molecule has 72 valence electrons. The van der Waals surface area contributed by atoms with Gasteiger partial charge in [-0.1, -0.05) is 6.92 Å². The van der Waals surface area contributed by atoms with Gasteiger partial charge in [-0.05, 0) is 32.4 Å². The summed E-state index contributed by atoms with van der Waals surface area (Å²) in [6.45, 7) is 8.56. The van der Waals surface area contributed by atoms with Gasteiger partial charge >= 0.3 is 0 Å². The van der Waals surface area contributed by atoms with E-state index in [-0.39, 0.29) is 0 Å². The van der Waals surface area contributed by atoms with E-state index in [1.807, 2.05) is 13.1 Å². The van der Waals surface area contributed by atoms with Crippen LogP contribution in [0, 0.1) is 6.92 Å². The molecule has 0 spiro atoms. The molecule has 0 aliphatic heterocycles. The Morgan fingerprint density at radius 3 is 2.54 bits per heavy atom. The first kappa shape index (κ1) is 10.0. The van der Waals surface area contributed by atoms with Crippen molar-refractivity contribution in [2.45, 2.75) is 27.2 Å². The molecule has 0 aliphatic carbocycles. The van der Waals surface area contributed by atoms with Crippen LogP contribution in [0.25, 0.3) is 0 Å². The summed E-state index contributed by atoms with van der Waals surface area (Å²) < 4.78 is 0. The molecular formula is C11H18N2. The number of aromatic nitrogens is 1. The van der Waals surface area contributed by atoms with Crippen LogP contribution in [0.3, 0.4) is 0 Å². The second kappa shape index (κ2) is 4.85. The number of anilines is 1. The maximum Gasteiger partial charge on any atom is 0.0552 e. The van der Waals surface area contributed by atoms with Gasteiger partial charge in [0.25, 0.3) is 0 Å². The Morgan fingerprint density at radius 1 is 1.31 bits per heavy atom. The van der Waals surface area contributed by atoms with Crippen molar-refractivity contribution in [2.24, 2.45) is 0 Å².